The molecular weight excluding hydrogens is 852 g/mol. The van der Waals surface area contributed by atoms with E-state index in [1.54, 1.807) is 37.6 Å². The molecule has 12 heteroatoms. The summed E-state index contributed by atoms with van der Waals surface area (Å²) in [5.74, 6) is -0.0867. The number of nitrogens with one attached hydrogen (secondary N) is 1. The molecule has 1 atom stereocenters. The SMILES string of the molecule is CN(C=O)C1(C(=O)Nc2ccc3c(c2)c(-c2ccc(F)cc2)nn3C(c2ccccc2)(c2ccccc2)c2ccccc2)CCN(CC(=O)N2CC=C(c3ccc(-c4ncccn4)cc3)CC2)C1. The number of carbonyl (C=O) groups excluding carboxylic acids is 3. The van der Waals surface area contributed by atoms with Gasteiger partial charge in [0.05, 0.1) is 12.1 Å². The zero-order chi connectivity index (χ0) is 46.7. The standard InChI is InChI=1S/C56H49FN8O3/c1-62(39-66)55(30-35-63(38-55)37-51(67)64-33-28-41(29-34-64)40-18-20-43(21-19-40)53-58-31-11-32-59-53)54(68)60-48-26-27-50-49(36-48)52(42-22-24-47(57)25-23-42)61-65(50)56(44-12-5-2-6-13-44,45-14-7-3-8-15-45)46-16-9-4-10-17-46/h2-28,31-32,36,39H,29-30,33-35,37-38H2,1H3,(H,60,68). The van der Waals surface area contributed by atoms with E-state index in [1.165, 1.54) is 22.6 Å². The van der Waals surface area contributed by atoms with Crippen molar-refractivity contribution in [3.63, 3.8) is 0 Å². The second-order valence-corrected chi connectivity index (χ2v) is 17.4. The number of halogens is 1. The summed E-state index contributed by atoms with van der Waals surface area (Å²) in [6.45, 7) is 1.80. The Morgan fingerprint density at radius 3 is 1.94 bits per heavy atom. The highest BCUT2D eigenvalue weighted by Gasteiger charge is 2.48. The molecule has 0 bridgehead atoms. The number of anilines is 1. The monoisotopic (exact) mass is 900 g/mol. The number of rotatable bonds is 13. The Kier molecular flexibility index (Phi) is 12.0. The van der Waals surface area contributed by atoms with E-state index in [1.807, 2.05) is 99.4 Å². The lowest BCUT2D eigenvalue weighted by atomic mass is 9.77. The molecule has 0 saturated carbocycles. The first-order valence-corrected chi connectivity index (χ1v) is 22.8. The number of nitrogens with zero attached hydrogens (tertiary/aromatic N) is 7. The van der Waals surface area contributed by atoms with Crippen LogP contribution in [0.2, 0.25) is 0 Å². The maximum absolute atomic E-state index is 14.7. The molecule has 0 aliphatic carbocycles. The number of fused-ring (bicyclic) bond motifs is 1. The first kappa shape index (κ1) is 43.8. The highest BCUT2D eigenvalue weighted by molar-refractivity contribution is 6.03. The van der Waals surface area contributed by atoms with Gasteiger partial charge in [0.15, 0.2) is 5.82 Å². The summed E-state index contributed by atoms with van der Waals surface area (Å²) in [4.78, 5) is 54.9. The van der Waals surface area contributed by atoms with E-state index in [9.17, 15) is 18.8 Å². The van der Waals surface area contributed by atoms with Gasteiger partial charge in [0, 0.05) is 67.8 Å². The predicted molar refractivity (Wildman–Crippen MR) is 263 cm³/mol. The Hall–Kier alpha value is -8.09. The van der Waals surface area contributed by atoms with Gasteiger partial charge in [-0.25, -0.2) is 19.0 Å². The van der Waals surface area contributed by atoms with Gasteiger partial charge in [-0.1, -0.05) is 121 Å². The fourth-order valence-electron chi connectivity index (χ4n) is 9.90. The molecule has 0 spiro atoms. The first-order valence-electron chi connectivity index (χ1n) is 22.8. The fourth-order valence-corrected chi connectivity index (χ4v) is 9.90. The number of carbonyl (C=O) groups is 3. The highest BCUT2D eigenvalue weighted by atomic mass is 19.1. The molecule has 1 N–H and O–H groups in total. The molecular formula is C56H49FN8O3. The molecule has 11 nitrogen and oxygen atoms in total. The van der Waals surface area contributed by atoms with Crippen molar-refractivity contribution in [3.05, 3.63) is 210 Å². The number of hydrogen-bond acceptors (Lipinski definition) is 7. The molecule has 2 aliphatic heterocycles. The lowest BCUT2D eigenvalue weighted by molar-refractivity contribution is -0.135. The second kappa shape index (κ2) is 18.7. The van der Waals surface area contributed by atoms with Crippen LogP contribution in [-0.2, 0) is 19.9 Å². The molecule has 338 valence electrons. The number of hydrogen-bond donors (Lipinski definition) is 1. The van der Waals surface area contributed by atoms with Gasteiger partial charge in [-0.05, 0) is 89.2 Å². The number of amides is 3. The average molecular weight is 901 g/mol. The summed E-state index contributed by atoms with van der Waals surface area (Å²) in [6, 6.07) is 52.6. The van der Waals surface area contributed by atoms with Crippen molar-refractivity contribution in [1.82, 2.24) is 34.4 Å². The number of benzene rings is 6. The van der Waals surface area contributed by atoms with Crippen molar-refractivity contribution < 1.29 is 18.8 Å². The van der Waals surface area contributed by atoms with Crippen LogP contribution >= 0.6 is 0 Å². The Labute approximate surface area is 394 Å². The number of aromatic nitrogens is 4. The quantitative estimate of drug-likeness (QED) is 0.0908. The van der Waals surface area contributed by atoms with E-state index in [2.05, 4.69) is 69.9 Å². The lowest BCUT2D eigenvalue weighted by Crippen LogP contribution is -2.57. The van der Waals surface area contributed by atoms with Crippen molar-refractivity contribution in [3.8, 4) is 22.6 Å². The van der Waals surface area contributed by atoms with E-state index in [4.69, 9.17) is 5.10 Å². The highest BCUT2D eigenvalue weighted by Crippen LogP contribution is 2.44. The van der Waals surface area contributed by atoms with Crippen molar-refractivity contribution in [2.24, 2.45) is 0 Å². The largest absolute Gasteiger partial charge is 0.338 e. The molecule has 4 heterocycles. The fraction of sp³-hybridized carbons (Fsp3) is 0.179. The first-order chi connectivity index (χ1) is 33.3. The van der Waals surface area contributed by atoms with Crippen LogP contribution < -0.4 is 5.32 Å². The second-order valence-electron chi connectivity index (χ2n) is 17.4. The summed E-state index contributed by atoms with van der Waals surface area (Å²) >= 11 is 0. The van der Waals surface area contributed by atoms with Gasteiger partial charge in [0.25, 0.3) is 5.91 Å². The number of likely N-dealkylation sites (N-methyl/N-ethyl adjacent to an activating group) is 1. The van der Waals surface area contributed by atoms with Crippen molar-refractivity contribution in [2.75, 3.05) is 45.1 Å². The van der Waals surface area contributed by atoms with E-state index in [-0.39, 0.29) is 30.7 Å². The summed E-state index contributed by atoms with van der Waals surface area (Å²) in [5, 5.41) is 9.32. The van der Waals surface area contributed by atoms with Crippen LogP contribution in [0, 0.1) is 5.82 Å². The summed E-state index contributed by atoms with van der Waals surface area (Å²) < 4.78 is 16.5. The van der Waals surface area contributed by atoms with Crippen LogP contribution in [0.1, 0.15) is 35.1 Å². The molecule has 2 aromatic heterocycles. The van der Waals surface area contributed by atoms with E-state index in [0.717, 1.165) is 38.7 Å². The minimum Gasteiger partial charge on any atom is -0.338 e. The summed E-state index contributed by atoms with van der Waals surface area (Å²) in [5.41, 5.74) is 6.55. The molecule has 2 aliphatic rings. The van der Waals surface area contributed by atoms with E-state index >= 15 is 0 Å². The number of likely N-dealkylation sites (tertiary alicyclic amines) is 1. The van der Waals surface area contributed by atoms with Gasteiger partial charge in [0.2, 0.25) is 12.3 Å². The molecule has 3 amide bonds. The molecule has 1 saturated heterocycles. The van der Waals surface area contributed by atoms with Crippen LogP contribution in [-0.4, -0.2) is 98.0 Å². The lowest BCUT2D eigenvalue weighted by Gasteiger charge is -2.37. The Morgan fingerprint density at radius 1 is 0.750 bits per heavy atom. The summed E-state index contributed by atoms with van der Waals surface area (Å²) in [7, 11) is 1.62. The minimum atomic E-state index is -1.24. The van der Waals surface area contributed by atoms with Gasteiger partial charge in [-0.3, -0.25) is 19.3 Å². The van der Waals surface area contributed by atoms with Gasteiger partial charge in [-0.15, -0.1) is 0 Å². The van der Waals surface area contributed by atoms with Gasteiger partial charge in [-0.2, -0.15) is 5.10 Å². The predicted octanol–water partition coefficient (Wildman–Crippen LogP) is 8.93. The topological polar surface area (TPSA) is 117 Å². The zero-order valence-electron chi connectivity index (χ0n) is 37.6. The van der Waals surface area contributed by atoms with E-state index in [0.29, 0.717) is 61.7 Å². The molecule has 6 aromatic carbocycles. The van der Waals surface area contributed by atoms with E-state index < -0.39 is 11.1 Å². The smallest absolute Gasteiger partial charge is 0.251 e. The zero-order valence-corrected chi connectivity index (χ0v) is 37.6. The Bertz CT molecular complexity index is 3020. The normalized spacial score (nSPS) is 16.3. The third kappa shape index (κ3) is 8.13. The molecule has 1 unspecified atom stereocenters. The van der Waals surface area contributed by atoms with Crippen molar-refractivity contribution >= 4 is 40.4 Å². The van der Waals surface area contributed by atoms with Crippen LogP contribution in [0.25, 0.3) is 39.1 Å². The minimum absolute atomic E-state index is 0.0322. The van der Waals surface area contributed by atoms with Crippen molar-refractivity contribution in [2.45, 2.75) is 23.9 Å². The maximum atomic E-state index is 14.7. The van der Waals surface area contributed by atoms with Crippen LogP contribution in [0.4, 0.5) is 10.1 Å². The van der Waals surface area contributed by atoms with Gasteiger partial charge in [0.1, 0.15) is 22.6 Å². The molecule has 68 heavy (non-hydrogen) atoms. The summed E-state index contributed by atoms with van der Waals surface area (Å²) in [6.07, 6.45) is 7.28. The molecule has 0 radical (unpaired) electrons. The molecule has 1 fully saturated rings. The Balaban J connectivity index is 0.931. The van der Waals surface area contributed by atoms with Crippen LogP contribution in [0.15, 0.2) is 182 Å². The molecule has 8 aromatic rings. The van der Waals surface area contributed by atoms with Crippen LogP contribution in [0.5, 0.6) is 0 Å². The average Bonchev–Trinajstić information content (AvgIpc) is 4.01. The van der Waals surface area contributed by atoms with Crippen molar-refractivity contribution in [1.29, 1.82) is 0 Å². The third-order valence-electron chi connectivity index (χ3n) is 13.5. The Morgan fingerprint density at radius 2 is 1.35 bits per heavy atom. The third-order valence-corrected chi connectivity index (χ3v) is 13.5. The van der Waals surface area contributed by atoms with Gasteiger partial charge < -0.3 is 15.1 Å². The maximum Gasteiger partial charge on any atom is 0.251 e. The van der Waals surface area contributed by atoms with Gasteiger partial charge >= 0.3 is 0 Å². The van der Waals surface area contributed by atoms with Crippen LogP contribution in [0.3, 0.4) is 0 Å². The molecule has 10 rings (SSSR count).